The van der Waals surface area contributed by atoms with Crippen molar-refractivity contribution < 1.29 is 40.3 Å². The number of fused-ring (bicyclic) bond motifs is 1. The summed E-state index contributed by atoms with van der Waals surface area (Å²) in [5, 5.41) is 3.11. The number of amides is 1. The van der Waals surface area contributed by atoms with Gasteiger partial charge in [-0.15, -0.1) is 11.3 Å². The number of benzene rings is 3. The second-order valence-electron chi connectivity index (χ2n) is 7.97. The van der Waals surface area contributed by atoms with Crippen LogP contribution in [0, 0.1) is 5.82 Å². The third-order valence-corrected chi connectivity index (χ3v) is 6.64. The maximum Gasteiger partial charge on any atom is 0.419 e. The normalized spacial score (nSPS) is 12.1. The molecule has 4 rings (SSSR count). The first-order valence-electron chi connectivity index (χ1n) is 10.9. The molecule has 0 aliphatic rings. The monoisotopic (exact) mass is 541 g/mol. The molecule has 1 N–H and O–H groups in total. The number of rotatable bonds is 6. The van der Waals surface area contributed by atoms with E-state index in [1.54, 1.807) is 31.2 Å². The molecule has 0 fully saturated rings. The molecule has 1 amide bonds. The van der Waals surface area contributed by atoms with Crippen molar-refractivity contribution in [2.24, 2.45) is 0 Å². The fraction of sp³-hybridized carbons (Fsp3) is 0.192. The highest BCUT2D eigenvalue weighted by Crippen LogP contribution is 2.41. The van der Waals surface area contributed by atoms with Gasteiger partial charge in [0.05, 0.1) is 22.6 Å². The van der Waals surface area contributed by atoms with Gasteiger partial charge >= 0.3 is 12.4 Å². The smallest absolute Gasteiger partial charge is 0.419 e. The molecule has 0 spiro atoms. The van der Waals surface area contributed by atoms with Crippen LogP contribution in [0.25, 0.3) is 21.2 Å². The van der Waals surface area contributed by atoms with E-state index in [1.807, 2.05) is 0 Å². The summed E-state index contributed by atoms with van der Waals surface area (Å²) in [5.74, 6) is -2.29. The fourth-order valence-corrected chi connectivity index (χ4v) is 4.88. The molecule has 0 saturated carbocycles. The molecular weight excluding hydrogens is 523 g/mol. The number of carbonyl (C=O) groups excluding carboxylic acids is 1. The maximum atomic E-state index is 13.6. The molecule has 3 nitrogen and oxygen atoms in total. The summed E-state index contributed by atoms with van der Waals surface area (Å²) in [7, 11) is 0. The molecule has 0 atom stereocenters. The van der Waals surface area contributed by atoms with Crippen LogP contribution in [0.4, 0.5) is 30.7 Å². The van der Waals surface area contributed by atoms with Crippen LogP contribution < -0.4 is 10.1 Å². The average molecular weight is 541 g/mol. The quantitative estimate of drug-likeness (QED) is 0.251. The van der Waals surface area contributed by atoms with Gasteiger partial charge in [0.25, 0.3) is 5.91 Å². The average Bonchev–Trinajstić information content (AvgIpc) is 3.27. The highest BCUT2D eigenvalue weighted by molar-refractivity contribution is 7.21. The highest BCUT2D eigenvalue weighted by Gasteiger charge is 2.35. The predicted octanol–water partition coefficient (Wildman–Crippen LogP) is 8.07. The first-order chi connectivity index (χ1) is 17.4. The van der Waals surface area contributed by atoms with Gasteiger partial charge < -0.3 is 10.1 Å². The Morgan fingerprint density at radius 3 is 2.32 bits per heavy atom. The van der Waals surface area contributed by atoms with Crippen LogP contribution in [0.1, 0.15) is 33.3 Å². The van der Waals surface area contributed by atoms with Crippen molar-refractivity contribution in [3.05, 3.63) is 88.0 Å². The summed E-state index contributed by atoms with van der Waals surface area (Å²) in [4.78, 5) is 12.9. The summed E-state index contributed by atoms with van der Waals surface area (Å²) < 4.78 is 98.9. The second-order valence-corrected chi connectivity index (χ2v) is 9.02. The molecule has 0 unspecified atom stereocenters. The lowest BCUT2D eigenvalue weighted by atomic mass is 10.0. The minimum atomic E-state index is -4.88. The Hall–Kier alpha value is -3.60. The molecule has 11 heteroatoms. The van der Waals surface area contributed by atoms with Gasteiger partial charge in [-0.2, -0.15) is 26.3 Å². The number of hydrogen-bond acceptors (Lipinski definition) is 3. The van der Waals surface area contributed by atoms with Crippen molar-refractivity contribution in [3.8, 4) is 16.9 Å². The molecule has 194 valence electrons. The van der Waals surface area contributed by atoms with E-state index in [9.17, 15) is 35.5 Å². The molecule has 0 radical (unpaired) electrons. The lowest BCUT2D eigenvalue weighted by molar-refractivity contribution is -0.140. The van der Waals surface area contributed by atoms with Crippen LogP contribution in [-0.2, 0) is 18.9 Å². The fourth-order valence-electron chi connectivity index (χ4n) is 3.77. The maximum absolute atomic E-state index is 13.6. The largest absolute Gasteiger partial charge is 0.493 e. The first kappa shape index (κ1) is 26.5. The summed E-state index contributed by atoms with van der Waals surface area (Å²) in [6.45, 7) is 1.37. The Bertz CT molecular complexity index is 1460. The number of alkyl halides is 6. The van der Waals surface area contributed by atoms with E-state index in [4.69, 9.17) is 4.74 Å². The Morgan fingerprint density at radius 1 is 0.919 bits per heavy atom. The Kier molecular flexibility index (Phi) is 7.18. The first-order valence-corrected chi connectivity index (χ1v) is 11.7. The number of hydrogen-bond donors (Lipinski definition) is 1. The third kappa shape index (κ3) is 5.71. The zero-order valence-electron chi connectivity index (χ0n) is 19.1. The van der Waals surface area contributed by atoms with E-state index < -0.39 is 35.2 Å². The van der Waals surface area contributed by atoms with Gasteiger partial charge in [-0.25, -0.2) is 4.39 Å². The molecular formula is C26H18F7NO2S. The van der Waals surface area contributed by atoms with Gasteiger partial charge in [-0.1, -0.05) is 30.3 Å². The Morgan fingerprint density at radius 2 is 1.65 bits per heavy atom. The Labute approximate surface area is 210 Å². The molecule has 3 aromatic carbocycles. The molecule has 1 aromatic heterocycles. The van der Waals surface area contributed by atoms with Crippen LogP contribution in [0.3, 0.4) is 0 Å². The van der Waals surface area contributed by atoms with Crippen LogP contribution >= 0.6 is 11.3 Å². The van der Waals surface area contributed by atoms with E-state index in [2.05, 4.69) is 5.32 Å². The van der Waals surface area contributed by atoms with Crippen molar-refractivity contribution in [2.75, 3.05) is 6.61 Å². The molecule has 37 heavy (non-hydrogen) atoms. The van der Waals surface area contributed by atoms with E-state index >= 15 is 0 Å². The summed E-state index contributed by atoms with van der Waals surface area (Å²) >= 11 is 1.04. The van der Waals surface area contributed by atoms with Gasteiger partial charge in [-0.3, -0.25) is 4.79 Å². The number of thiophene rings is 1. The number of halogens is 7. The molecule has 0 bridgehead atoms. The van der Waals surface area contributed by atoms with E-state index in [0.717, 1.165) is 23.5 Å². The van der Waals surface area contributed by atoms with Crippen LogP contribution in [0.5, 0.6) is 5.75 Å². The van der Waals surface area contributed by atoms with E-state index in [1.165, 1.54) is 12.1 Å². The zero-order valence-corrected chi connectivity index (χ0v) is 19.9. The van der Waals surface area contributed by atoms with E-state index in [-0.39, 0.29) is 34.9 Å². The second kappa shape index (κ2) is 10.0. The topological polar surface area (TPSA) is 38.3 Å². The molecule has 1 heterocycles. The van der Waals surface area contributed by atoms with Crippen molar-refractivity contribution in [1.29, 1.82) is 0 Å². The minimum Gasteiger partial charge on any atom is -0.493 e. The van der Waals surface area contributed by atoms with E-state index in [0.29, 0.717) is 27.8 Å². The standard InChI is InChI=1S/C26H18F7NO2S/c1-2-36-21-9-7-15(11-19(21)26(31,32)33)17-5-3-4-16-12-22(37-23(16)17)24(35)34-13-14-6-8-20(27)18(10-14)25(28,29)30/h3-12H,2,13H2,1H3,(H,34,35). The number of carbonyl (C=O) groups is 1. The summed E-state index contributed by atoms with van der Waals surface area (Å²) in [5.41, 5.74) is -1.54. The lowest BCUT2D eigenvalue weighted by Gasteiger charge is -2.15. The SMILES string of the molecule is CCOc1ccc(-c2cccc3cc(C(=O)NCc4ccc(F)c(C(F)(F)F)c4)sc23)cc1C(F)(F)F. The van der Waals surface area contributed by atoms with Crippen LogP contribution in [0.2, 0.25) is 0 Å². The van der Waals surface area contributed by atoms with Crippen molar-refractivity contribution in [2.45, 2.75) is 25.8 Å². The highest BCUT2D eigenvalue weighted by atomic mass is 32.1. The van der Waals surface area contributed by atoms with Gasteiger partial charge in [0.2, 0.25) is 0 Å². The number of nitrogens with one attached hydrogen (secondary N) is 1. The molecule has 0 aliphatic heterocycles. The summed E-state index contributed by atoms with van der Waals surface area (Å²) in [6.07, 6.45) is -9.51. The minimum absolute atomic E-state index is 0.0537. The predicted molar refractivity (Wildman–Crippen MR) is 126 cm³/mol. The van der Waals surface area contributed by atoms with Gasteiger partial charge in [0.1, 0.15) is 11.6 Å². The molecule has 0 saturated heterocycles. The molecule has 4 aromatic rings. The third-order valence-electron chi connectivity index (χ3n) is 5.45. The van der Waals surface area contributed by atoms with Crippen LogP contribution in [-0.4, -0.2) is 12.5 Å². The van der Waals surface area contributed by atoms with Crippen molar-refractivity contribution >= 4 is 27.3 Å². The van der Waals surface area contributed by atoms with Gasteiger partial charge in [-0.05, 0) is 59.3 Å². The van der Waals surface area contributed by atoms with Crippen molar-refractivity contribution in [1.82, 2.24) is 5.32 Å². The van der Waals surface area contributed by atoms with Crippen LogP contribution in [0.15, 0.2) is 60.7 Å². The van der Waals surface area contributed by atoms with Gasteiger partial charge in [0, 0.05) is 11.2 Å². The van der Waals surface area contributed by atoms with Crippen molar-refractivity contribution in [3.63, 3.8) is 0 Å². The molecule has 0 aliphatic carbocycles. The van der Waals surface area contributed by atoms with Gasteiger partial charge in [0.15, 0.2) is 0 Å². The lowest BCUT2D eigenvalue weighted by Crippen LogP contribution is -2.22. The number of ether oxygens (including phenoxy) is 1. The zero-order chi connectivity index (χ0) is 27.0. The summed E-state index contributed by atoms with van der Waals surface area (Å²) in [6, 6.07) is 12.7. The Balaban J connectivity index is 1.62.